The summed E-state index contributed by atoms with van der Waals surface area (Å²) in [5, 5.41) is 8.73. The molecule has 0 heterocycles. The van der Waals surface area contributed by atoms with Gasteiger partial charge in [-0.2, -0.15) is 0 Å². The Labute approximate surface area is 108 Å². The van der Waals surface area contributed by atoms with Crippen molar-refractivity contribution in [1.82, 2.24) is 4.90 Å². The molecular weight excluding hydrogens is 228 g/mol. The molecule has 0 bridgehead atoms. The van der Waals surface area contributed by atoms with Gasteiger partial charge in [-0.3, -0.25) is 4.79 Å². The number of carbonyl (C=O) groups is 1. The van der Waals surface area contributed by atoms with Crippen LogP contribution in [0.4, 0.5) is 0 Å². The van der Waals surface area contributed by atoms with E-state index in [9.17, 15) is 4.79 Å². The van der Waals surface area contributed by atoms with Crippen molar-refractivity contribution in [3.8, 4) is 0 Å². The molecule has 4 nitrogen and oxygen atoms in total. The van der Waals surface area contributed by atoms with Crippen molar-refractivity contribution in [2.75, 3.05) is 20.1 Å². The molecule has 0 spiro atoms. The highest BCUT2D eigenvalue weighted by Crippen LogP contribution is 2.10. The zero-order chi connectivity index (χ0) is 13.7. The number of hydrogen-bond donors (Lipinski definition) is 2. The lowest BCUT2D eigenvalue weighted by Crippen LogP contribution is -2.41. The third-order valence-electron chi connectivity index (χ3n) is 3.18. The van der Waals surface area contributed by atoms with Gasteiger partial charge < -0.3 is 15.7 Å². The van der Waals surface area contributed by atoms with Gasteiger partial charge in [0.25, 0.3) is 0 Å². The van der Waals surface area contributed by atoms with Crippen molar-refractivity contribution in [2.45, 2.75) is 26.3 Å². The van der Waals surface area contributed by atoms with Crippen molar-refractivity contribution in [3.63, 3.8) is 0 Å². The maximum absolute atomic E-state index is 10.6. The minimum absolute atomic E-state index is 0.375. The quantitative estimate of drug-likeness (QED) is 0.796. The van der Waals surface area contributed by atoms with Crippen LogP contribution in [0.25, 0.3) is 0 Å². The van der Waals surface area contributed by atoms with Crippen molar-refractivity contribution in [2.24, 2.45) is 5.73 Å². The van der Waals surface area contributed by atoms with Crippen LogP contribution >= 0.6 is 0 Å². The second kappa shape index (κ2) is 6.52. The number of hydrogen-bond acceptors (Lipinski definition) is 3. The van der Waals surface area contributed by atoms with Gasteiger partial charge in [-0.05, 0) is 44.0 Å². The summed E-state index contributed by atoms with van der Waals surface area (Å²) in [5.41, 5.74) is 9.34. The molecule has 0 saturated heterocycles. The first kappa shape index (κ1) is 14.7. The molecule has 1 rings (SSSR count). The first-order chi connectivity index (χ1) is 8.40. The van der Waals surface area contributed by atoms with Crippen LogP contribution in [0.15, 0.2) is 18.2 Å². The van der Waals surface area contributed by atoms with E-state index in [1.165, 1.54) is 16.7 Å². The Bertz CT molecular complexity index is 418. The number of carboxylic acids is 1. The highest BCUT2D eigenvalue weighted by atomic mass is 16.4. The van der Waals surface area contributed by atoms with E-state index in [1.807, 2.05) is 11.9 Å². The molecule has 0 fully saturated rings. The molecule has 3 N–H and O–H groups in total. The third-order valence-corrected chi connectivity index (χ3v) is 3.18. The summed E-state index contributed by atoms with van der Waals surface area (Å²) >= 11 is 0. The molecular formula is C14H22N2O2. The van der Waals surface area contributed by atoms with E-state index < -0.39 is 12.0 Å². The second-order valence-corrected chi connectivity index (χ2v) is 4.88. The number of aryl methyl sites for hydroxylation is 2. The number of aliphatic carboxylic acids is 1. The number of likely N-dealkylation sites (N-methyl/N-ethyl adjacent to an activating group) is 1. The SMILES string of the molecule is Cc1ccc(CCN(C)CC(N)C(=O)O)cc1C. The highest BCUT2D eigenvalue weighted by molar-refractivity contribution is 5.73. The minimum Gasteiger partial charge on any atom is -0.480 e. The molecule has 1 aromatic carbocycles. The Morgan fingerprint density at radius 2 is 2.06 bits per heavy atom. The fourth-order valence-electron chi connectivity index (χ4n) is 1.78. The molecule has 1 atom stereocenters. The topological polar surface area (TPSA) is 66.6 Å². The van der Waals surface area contributed by atoms with Gasteiger partial charge in [0.05, 0.1) is 0 Å². The number of carboxylic acid groups (broad SMARTS) is 1. The second-order valence-electron chi connectivity index (χ2n) is 4.88. The molecule has 0 saturated carbocycles. The van der Waals surface area contributed by atoms with Gasteiger partial charge in [-0.25, -0.2) is 0 Å². The Kier molecular flexibility index (Phi) is 5.31. The summed E-state index contributed by atoms with van der Waals surface area (Å²) in [6, 6.07) is 5.61. The van der Waals surface area contributed by atoms with Crippen LogP contribution in [0.3, 0.4) is 0 Å². The van der Waals surface area contributed by atoms with Crippen LogP contribution in [0.5, 0.6) is 0 Å². The van der Waals surface area contributed by atoms with Crippen LogP contribution in [-0.4, -0.2) is 42.2 Å². The number of benzene rings is 1. The first-order valence-corrected chi connectivity index (χ1v) is 6.13. The lowest BCUT2D eigenvalue weighted by atomic mass is 10.0. The Hall–Kier alpha value is -1.39. The van der Waals surface area contributed by atoms with Crippen molar-refractivity contribution >= 4 is 5.97 Å². The monoisotopic (exact) mass is 250 g/mol. The lowest BCUT2D eigenvalue weighted by molar-refractivity contribution is -0.138. The van der Waals surface area contributed by atoms with E-state index >= 15 is 0 Å². The fourth-order valence-corrected chi connectivity index (χ4v) is 1.78. The predicted molar refractivity (Wildman–Crippen MR) is 72.7 cm³/mol. The van der Waals surface area contributed by atoms with E-state index in [2.05, 4.69) is 32.0 Å². The van der Waals surface area contributed by atoms with E-state index in [0.29, 0.717) is 6.54 Å². The summed E-state index contributed by atoms with van der Waals surface area (Å²) in [6.07, 6.45) is 0.907. The maximum atomic E-state index is 10.6. The van der Waals surface area contributed by atoms with E-state index in [0.717, 1.165) is 13.0 Å². The van der Waals surface area contributed by atoms with Gasteiger partial charge in [-0.1, -0.05) is 18.2 Å². The Balaban J connectivity index is 2.44. The van der Waals surface area contributed by atoms with Crippen LogP contribution in [0.2, 0.25) is 0 Å². The molecule has 0 amide bonds. The zero-order valence-corrected chi connectivity index (χ0v) is 11.3. The molecule has 1 unspecified atom stereocenters. The van der Waals surface area contributed by atoms with Crippen LogP contribution in [0.1, 0.15) is 16.7 Å². The molecule has 1 aromatic rings. The molecule has 0 aromatic heterocycles. The van der Waals surface area contributed by atoms with Gasteiger partial charge in [0.15, 0.2) is 0 Å². The van der Waals surface area contributed by atoms with Crippen molar-refractivity contribution in [3.05, 3.63) is 34.9 Å². The van der Waals surface area contributed by atoms with Gasteiger partial charge in [0, 0.05) is 13.1 Å². The van der Waals surface area contributed by atoms with Gasteiger partial charge in [0.2, 0.25) is 0 Å². The normalized spacial score (nSPS) is 12.7. The molecule has 0 radical (unpaired) electrons. The molecule has 4 heteroatoms. The maximum Gasteiger partial charge on any atom is 0.321 e. The van der Waals surface area contributed by atoms with Gasteiger partial charge in [0.1, 0.15) is 6.04 Å². The van der Waals surface area contributed by atoms with Crippen LogP contribution in [0, 0.1) is 13.8 Å². The predicted octanol–water partition coefficient (Wildman–Crippen LogP) is 1.19. The molecule has 0 aliphatic carbocycles. The first-order valence-electron chi connectivity index (χ1n) is 6.13. The summed E-state index contributed by atoms with van der Waals surface area (Å²) in [7, 11) is 1.89. The summed E-state index contributed by atoms with van der Waals surface area (Å²) in [5.74, 6) is -0.951. The van der Waals surface area contributed by atoms with Crippen LogP contribution in [-0.2, 0) is 11.2 Å². The van der Waals surface area contributed by atoms with Crippen molar-refractivity contribution < 1.29 is 9.90 Å². The van der Waals surface area contributed by atoms with Gasteiger partial charge >= 0.3 is 5.97 Å². The standard InChI is InChI=1S/C14H22N2O2/c1-10-4-5-12(8-11(10)2)6-7-16(3)9-13(15)14(17)18/h4-5,8,13H,6-7,9,15H2,1-3H3,(H,17,18). The van der Waals surface area contributed by atoms with Crippen molar-refractivity contribution in [1.29, 1.82) is 0 Å². The molecule has 0 aliphatic heterocycles. The number of rotatable bonds is 6. The van der Waals surface area contributed by atoms with Gasteiger partial charge in [-0.15, -0.1) is 0 Å². The Morgan fingerprint density at radius 1 is 1.39 bits per heavy atom. The Morgan fingerprint density at radius 3 is 2.61 bits per heavy atom. The summed E-state index contributed by atoms with van der Waals surface area (Å²) in [6.45, 7) is 5.38. The van der Waals surface area contributed by atoms with Crippen LogP contribution < -0.4 is 5.73 Å². The van der Waals surface area contributed by atoms with E-state index in [-0.39, 0.29) is 0 Å². The molecule has 18 heavy (non-hydrogen) atoms. The average molecular weight is 250 g/mol. The smallest absolute Gasteiger partial charge is 0.321 e. The summed E-state index contributed by atoms with van der Waals surface area (Å²) in [4.78, 5) is 12.6. The number of nitrogens with two attached hydrogens (primary N) is 1. The summed E-state index contributed by atoms with van der Waals surface area (Å²) < 4.78 is 0. The van der Waals surface area contributed by atoms with E-state index in [4.69, 9.17) is 10.8 Å². The third kappa shape index (κ3) is 4.47. The highest BCUT2D eigenvalue weighted by Gasteiger charge is 2.13. The number of nitrogens with zero attached hydrogens (tertiary/aromatic N) is 1. The molecule has 100 valence electrons. The lowest BCUT2D eigenvalue weighted by Gasteiger charge is -2.19. The average Bonchev–Trinajstić information content (AvgIpc) is 2.30. The zero-order valence-electron chi connectivity index (χ0n) is 11.3. The fraction of sp³-hybridized carbons (Fsp3) is 0.500. The van der Waals surface area contributed by atoms with E-state index in [1.54, 1.807) is 0 Å². The largest absolute Gasteiger partial charge is 0.480 e. The molecule has 0 aliphatic rings. The minimum atomic E-state index is -0.951.